The Bertz CT molecular complexity index is 3770. The van der Waals surface area contributed by atoms with Crippen LogP contribution in [0, 0.1) is 55.4 Å². The van der Waals surface area contributed by atoms with Crippen molar-refractivity contribution in [2.45, 2.75) is 75.0 Å². The molecule has 4 aromatic carbocycles. The molecule has 21 heteroatoms. The van der Waals surface area contributed by atoms with Crippen LogP contribution in [0.25, 0.3) is 90.9 Å². The summed E-state index contributed by atoms with van der Waals surface area (Å²) in [6, 6.07) is 17.7. The largest absolute Gasteiger partial charge is 0.744 e. The summed E-state index contributed by atoms with van der Waals surface area (Å²) in [4.78, 5) is 15.3. The van der Waals surface area contributed by atoms with E-state index in [0.717, 1.165) is 0 Å². The van der Waals surface area contributed by atoms with Gasteiger partial charge in [-0.3, -0.25) is 0 Å². The van der Waals surface area contributed by atoms with E-state index >= 15 is 0 Å². The number of H-pyrrole nitrogens is 2. The molecular formula is C52H42MnN4O12S4-4. The summed E-state index contributed by atoms with van der Waals surface area (Å²) in [6.45, 7) is 12.9. The minimum absolute atomic E-state index is 0. The number of aromatic amines is 2. The Morgan fingerprint density at radius 2 is 0.507 bits per heavy atom. The van der Waals surface area contributed by atoms with Crippen molar-refractivity contribution in [2.75, 3.05) is 0 Å². The van der Waals surface area contributed by atoms with Crippen LogP contribution < -0.4 is 0 Å². The van der Waals surface area contributed by atoms with Crippen molar-refractivity contribution in [1.82, 2.24) is 19.9 Å². The van der Waals surface area contributed by atoms with Crippen molar-refractivity contribution in [3.8, 4) is 44.5 Å². The van der Waals surface area contributed by atoms with Crippen LogP contribution in [0.4, 0.5) is 0 Å². The third-order valence-corrected chi connectivity index (χ3v) is 17.2. The Labute approximate surface area is 432 Å². The van der Waals surface area contributed by atoms with Gasteiger partial charge in [-0.05, 0) is 195 Å². The minimum Gasteiger partial charge on any atom is -0.744 e. The third-order valence-electron chi connectivity index (χ3n) is 13.3. The summed E-state index contributed by atoms with van der Waals surface area (Å²) in [6.07, 6.45) is 6.64. The molecule has 0 saturated carbocycles. The Hall–Kier alpha value is -6.36. The Morgan fingerprint density at radius 3 is 0.685 bits per heavy atom. The number of nitrogens with zero attached hydrogens (tertiary/aromatic N) is 2. The first kappa shape index (κ1) is 52.9. The zero-order chi connectivity index (χ0) is 52.3. The van der Waals surface area contributed by atoms with Crippen LogP contribution in [0.15, 0.2) is 92.4 Å². The van der Waals surface area contributed by atoms with E-state index < -0.39 is 60.1 Å². The second kappa shape index (κ2) is 18.5. The van der Waals surface area contributed by atoms with Crippen LogP contribution >= 0.6 is 0 Å². The molecule has 0 spiro atoms. The Balaban J connectivity index is 0.00000711. The number of benzene rings is 4. The predicted octanol–water partition coefficient (Wildman–Crippen LogP) is 9.40. The number of hydrogen-bond donors (Lipinski definition) is 2. The molecular weight excluding hydrogens is 1060 g/mol. The molecule has 0 saturated heterocycles. The second-order valence-corrected chi connectivity index (χ2v) is 23.2. The van der Waals surface area contributed by atoms with Gasteiger partial charge in [0.2, 0.25) is 0 Å². The quantitative estimate of drug-likeness (QED) is 0.106. The molecule has 73 heavy (non-hydrogen) atoms. The van der Waals surface area contributed by atoms with Gasteiger partial charge in [-0.2, -0.15) is 0 Å². The zero-order valence-electron chi connectivity index (χ0n) is 40.0. The van der Waals surface area contributed by atoms with Gasteiger partial charge >= 0.3 is 0 Å². The molecule has 377 valence electrons. The molecule has 8 bridgehead atoms. The van der Waals surface area contributed by atoms with Gasteiger partial charge in [-0.25, -0.2) is 43.6 Å². The maximum Gasteiger partial charge on any atom is 0.124 e. The fourth-order valence-electron chi connectivity index (χ4n) is 10.2. The number of rotatable bonds is 8. The Kier molecular flexibility index (Phi) is 13.4. The molecule has 3 aromatic heterocycles. The van der Waals surface area contributed by atoms with Crippen LogP contribution in [0.3, 0.4) is 0 Å². The molecule has 0 fully saturated rings. The molecule has 1 radical (unpaired) electrons. The molecule has 7 aromatic rings. The smallest absolute Gasteiger partial charge is 0.124 e. The van der Waals surface area contributed by atoms with E-state index in [2.05, 4.69) is 9.97 Å². The van der Waals surface area contributed by atoms with Gasteiger partial charge in [0.1, 0.15) is 40.5 Å². The molecule has 2 N–H and O–H groups in total. The first-order valence-corrected chi connectivity index (χ1v) is 27.6. The van der Waals surface area contributed by atoms with Gasteiger partial charge in [0.25, 0.3) is 0 Å². The van der Waals surface area contributed by atoms with Crippen LogP contribution in [-0.2, 0) is 57.5 Å². The van der Waals surface area contributed by atoms with Crippen molar-refractivity contribution >= 4 is 86.8 Å². The van der Waals surface area contributed by atoms with E-state index in [1.54, 1.807) is 76.3 Å². The summed E-state index contributed by atoms with van der Waals surface area (Å²) in [7, 11) is -20.1. The molecule has 0 amide bonds. The minimum atomic E-state index is -5.02. The monoisotopic (exact) mass is 1100 g/mol. The van der Waals surface area contributed by atoms with Crippen molar-refractivity contribution in [3.05, 3.63) is 140 Å². The van der Waals surface area contributed by atoms with Crippen molar-refractivity contribution < 1.29 is 69.0 Å². The topological polar surface area (TPSA) is 286 Å². The van der Waals surface area contributed by atoms with Gasteiger partial charge < -0.3 is 28.2 Å². The fraction of sp³-hybridized carbons (Fsp3) is 0.154. The Morgan fingerprint density at radius 1 is 0.315 bits per heavy atom. The normalized spacial score (nSPS) is 12.9. The fourth-order valence-corrected chi connectivity index (χ4v) is 13.0. The van der Waals surface area contributed by atoms with Crippen molar-refractivity contribution in [3.63, 3.8) is 0 Å². The van der Waals surface area contributed by atoms with Crippen LogP contribution in [0.5, 0.6) is 0 Å². The third kappa shape index (κ3) is 9.24. The average molecular weight is 1100 g/mol. The summed E-state index contributed by atoms with van der Waals surface area (Å²) in [5.41, 5.74) is 7.64. The summed E-state index contributed by atoms with van der Waals surface area (Å²) >= 11 is 0. The maximum absolute atomic E-state index is 12.8. The number of fused-ring (bicyclic) bond motifs is 8. The molecule has 5 heterocycles. The molecule has 2 aliphatic rings. The maximum atomic E-state index is 12.8. The SMILES string of the molecule is Cc1ccc(S(=O)(=O)[O-])c(C)c1-c1c2nc(c(-c3c(C)ccc(S(=O)(=O)[O-])c3C)c3ccc([nH]3)c(-c3c(C)ccc(S(=O)(=O)[O-])c3C)c3nc(c(-c4c(C)ccc(S(=O)(=O)[O-])c4C)c4ccc1[nH]4)C=C3)C=C2.[Mn]. The van der Waals surface area contributed by atoms with E-state index in [1.807, 2.05) is 0 Å². The second-order valence-electron chi connectivity index (χ2n) is 17.8. The van der Waals surface area contributed by atoms with Gasteiger partial charge in [0, 0.05) is 61.4 Å². The van der Waals surface area contributed by atoms with Crippen molar-refractivity contribution in [1.29, 1.82) is 0 Å². The van der Waals surface area contributed by atoms with E-state index in [0.29, 0.717) is 88.8 Å². The first-order chi connectivity index (χ1) is 33.6. The zero-order valence-corrected chi connectivity index (χ0v) is 44.5. The van der Waals surface area contributed by atoms with Crippen molar-refractivity contribution in [2.24, 2.45) is 0 Å². The summed E-state index contributed by atoms with van der Waals surface area (Å²) < 4.78 is 153. The van der Waals surface area contributed by atoms with Crippen LogP contribution in [-0.4, -0.2) is 71.8 Å². The van der Waals surface area contributed by atoms with Crippen LogP contribution in [0.2, 0.25) is 0 Å². The van der Waals surface area contributed by atoms with Gasteiger partial charge in [0.15, 0.2) is 0 Å². The van der Waals surface area contributed by atoms with Crippen LogP contribution in [0.1, 0.15) is 67.3 Å². The number of aromatic nitrogens is 4. The average Bonchev–Trinajstić information content (AvgIpc) is 4.11. The van der Waals surface area contributed by atoms with Gasteiger partial charge in [-0.15, -0.1) is 0 Å². The number of hydrogen-bond acceptors (Lipinski definition) is 14. The standard InChI is InChI=1S/C52H46N4O12S4.Mn/c1-25-9-21-41(69(57,58)59)29(5)45(25)49-33-13-15-35(53-33)50(46-26(2)10-22-42(30(46)6)70(60,61)62)37-17-19-39(55-37)52(48-28(4)12-24-44(32(48)8)72(66,67)68)40-20-18-38(56-40)51(36-16-14-34(49)54-36)47-27(3)11-23-43(31(47)7)71(63,64)65;/h9-24,53,56H,1-8H3,(H,57,58,59)(H,60,61,62)(H,63,64,65)(H,66,67,68);/p-4. The molecule has 0 unspecified atom stereocenters. The summed E-state index contributed by atoms with van der Waals surface area (Å²) in [5.74, 6) is 0. The van der Waals surface area contributed by atoms with E-state index in [-0.39, 0.29) is 62.1 Å². The molecule has 9 rings (SSSR count). The first-order valence-electron chi connectivity index (χ1n) is 22.0. The molecule has 2 aliphatic heterocycles. The molecule has 0 aliphatic carbocycles. The van der Waals surface area contributed by atoms with Gasteiger partial charge in [-0.1, -0.05) is 24.3 Å². The van der Waals surface area contributed by atoms with E-state index in [9.17, 15) is 51.9 Å². The predicted molar refractivity (Wildman–Crippen MR) is 270 cm³/mol. The number of aryl methyl sites for hydroxylation is 4. The molecule has 0 atom stereocenters. The summed E-state index contributed by atoms with van der Waals surface area (Å²) in [5, 5.41) is 0. The van der Waals surface area contributed by atoms with Gasteiger partial charge in [0.05, 0.1) is 42.4 Å². The number of nitrogens with one attached hydrogen (secondary N) is 2. The van der Waals surface area contributed by atoms with E-state index in [1.165, 1.54) is 76.2 Å². The van der Waals surface area contributed by atoms with E-state index in [4.69, 9.17) is 9.97 Å². The molecule has 16 nitrogen and oxygen atoms in total.